The lowest BCUT2D eigenvalue weighted by molar-refractivity contribution is -0.383. The number of aromatic nitrogens is 2. The molecule has 0 saturated carbocycles. The Balaban J connectivity index is 2.16. The van der Waals surface area contributed by atoms with Crippen LogP contribution in [0.4, 0.5) is 17.1 Å². The van der Waals surface area contributed by atoms with Crippen LogP contribution in [0.15, 0.2) is 41.0 Å². The third kappa shape index (κ3) is 2.41. The van der Waals surface area contributed by atoms with E-state index in [1.54, 1.807) is 36.2 Å². The molecule has 0 saturated heterocycles. The van der Waals surface area contributed by atoms with E-state index in [-0.39, 0.29) is 16.7 Å². The number of hydrogen-bond acceptors (Lipinski definition) is 8. The number of carbonyl (C=O) groups is 1. The molecule has 0 N–H and O–H groups in total. The first-order valence-electron chi connectivity index (χ1n) is 6.85. The normalized spacial score (nSPS) is 10.6. The molecule has 0 aliphatic heterocycles. The van der Waals surface area contributed by atoms with Gasteiger partial charge >= 0.3 is 11.7 Å². The van der Waals surface area contributed by atoms with Gasteiger partial charge in [0.05, 0.1) is 29.0 Å². The summed E-state index contributed by atoms with van der Waals surface area (Å²) in [6.45, 7) is 0. The number of rotatable bonds is 4. The Bertz CT molecular complexity index is 937. The Hall–Kier alpha value is -3.49. The number of fused-ring (bicyclic) bond motifs is 1. The zero-order valence-corrected chi connectivity index (χ0v) is 12.8. The lowest BCUT2D eigenvalue weighted by Gasteiger charge is -2.21. The molecule has 1 heterocycles. The minimum atomic E-state index is -0.557. The van der Waals surface area contributed by atoms with Gasteiger partial charge in [-0.15, -0.1) is 0 Å². The topological polar surface area (TPSA) is 112 Å². The van der Waals surface area contributed by atoms with Gasteiger partial charge in [-0.3, -0.25) is 10.1 Å². The number of carbonyl (C=O) groups excluding carboxylic acids is 1. The molecule has 0 radical (unpaired) electrons. The van der Waals surface area contributed by atoms with Crippen molar-refractivity contribution in [3.8, 4) is 0 Å². The van der Waals surface area contributed by atoms with Crippen molar-refractivity contribution in [3.05, 3.63) is 52.1 Å². The lowest BCUT2D eigenvalue weighted by atomic mass is 10.1. The maximum atomic E-state index is 11.9. The predicted octanol–water partition coefficient (Wildman–Crippen LogP) is 2.69. The number of nitrogens with zero attached hydrogens (tertiary/aromatic N) is 4. The van der Waals surface area contributed by atoms with Gasteiger partial charge in [-0.1, -0.05) is 12.1 Å². The lowest BCUT2D eigenvalue weighted by Crippen LogP contribution is -2.15. The van der Waals surface area contributed by atoms with Crippen molar-refractivity contribution in [1.82, 2.24) is 10.3 Å². The molecule has 9 nitrogen and oxygen atoms in total. The molecule has 0 unspecified atom stereocenters. The van der Waals surface area contributed by atoms with Gasteiger partial charge in [0.25, 0.3) is 0 Å². The molecule has 24 heavy (non-hydrogen) atoms. The Kier molecular flexibility index (Phi) is 3.82. The number of ether oxygens (including phenoxy) is 1. The first kappa shape index (κ1) is 15.4. The quantitative estimate of drug-likeness (QED) is 0.408. The van der Waals surface area contributed by atoms with Gasteiger partial charge in [0.1, 0.15) is 0 Å². The zero-order valence-electron chi connectivity index (χ0n) is 12.8. The smallest absolute Gasteiger partial charge is 0.339 e. The molecular formula is C15H12N4O5. The fraction of sp³-hybridized carbons (Fsp3) is 0.133. The number of esters is 1. The Morgan fingerprint density at radius 3 is 2.58 bits per heavy atom. The number of nitro groups is 1. The average Bonchev–Trinajstić information content (AvgIpc) is 3.09. The summed E-state index contributed by atoms with van der Waals surface area (Å²) in [6, 6.07) is 9.68. The summed E-state index contributed by atoms with van der Waals surface area (Å²) >= 11 is 0. The summed E-state index contributed by atoms with van der Waals surface area (Å²) in [5.74, 6) is -0.492. The van der Waals surface area contributed by atoms with Crippen molar-refractivity contribution in [1.29, 1.82) is 0 Å². The molecule has 9 heteroatoms. The van der Waals surface area contributed by atoms with Gasteiger partial charge in [0.15, 0.2) is 5.52 Å². The first-order valence-corrected chi connectivity index (χ1v) is 6.85. The fourth-order valence-corrected chi connectivity index (χ4v) is 2.44. The highest BCUT2D eigenvalue weighted by Gasteiger charge is 2.23. The molecule has 0 aliphatic carbocycles. The van der Waals surface area contributed by atoms with Crippen molar-refractivity contribution in [2.75, 3.05) is 19.1 Å². The third-order valence-electron chi connectivity index (χ3n) is 3.60. The van der Waals surface area contributed by atoms with E-state index in [2.05, 4.69) is 14.9 Å². The van der Waals surface area contributed by atoms with Crippen LogP contribution in [0.3, 0.4) is 0 Å². The van der Waals surface area contributed by atoms with E-state index >= 15 is 0 Å². The molecule has 0 aliphatic rings. The highest BCUT2D eigenvalue weighted by molar-refractivity contribution is 6.00. The predicted molar refractivity (Wildman–Crippen MR) is 84.3 cm³/mol. The van der Waals surface area contributed by atoms with Gasteiger partial charge < -0.3 is 9.64 Å². The van der Waals surface area contributed by atoms with Crippen LogP contribution in [0.5, 0.6) is 0 Å². The van der Waals surface area contributed by atoms with Gasteiger partial charge in [0, 0.05) is 13.1 Å². The van der Waals surface area contributed by atoms with E-state index in [0.717, 1.165) is 0 Å². The summed E-state index contributed by atoms with van der Waals surface area (Å²) in [5.41, 5.74) is 1.48. The van der Waals surface area contributed by atoms with Crippen molar-refractivity contribution in [2.45, 2.75) is 0 Å². The SMILES string of the molecule is COC(=O)c1ccccc1N(C)c1ccc([N+](=O)[O-])c2nonc12. The van der Waals surface area contributed by atoms with E-state index in [4.69, 9.17) is 4.74 Å². The van der Waals surface area contributed by atoms with E-state index < -0.39 is 10.9 Å². The molecule has 0 amide bonds. The summed E-state index contributed by atoms with van der Waals surface area (Å²) in [6.07, 6.45) is 0. The maximum Gasteiger partial charge on any atom is 0.339 e. The zero-order chi connectivity index (χ0) is 17.3. The van der Waals surface area contributed by atoms with E-state index in [1.165, 1.54) is 19.2 Å². The molecule has 3 aromatic rings. The van der Waals surface area contributed by atoms with Crippen LogP contribution >= 0.6 is 0 Å². The van der Waals surface area contributed by atoms with E-state index in [1.807, 2.05) is 0 Å². The highest BCUT2D eigenvalue weighted by Crippen LogP contribution is 2.35. The van der Waals surface area contributed by atoms with Gasteiger partial charge in [-0.05, 0) is 28.5 Å². The van der Waals surface area contributed by atoms with Crippen molar-refractivity contribution in [2.24, 2.45) is 0 Å². The Morgan fingerprint density at radius 1 is 1.17 bits per heavy atom. The van der Waals surface area contributed by atoms with Gasteiger partial charge in [-0.2, -0.15) is 0 Å². The minimum Gasteiger partial charge on any atom is -0.465 e. The molecule has 1 aromatic heterocycles. The monoisotopic (exact) mass is 328 g/mol. The third-order valence-corrected chi connectivity index (χ3v) is 3.60. The minimum absolute atomic E-state index is 0.0416. The standard InChI is InChI=1S/C15H12N4O5/c1-18(10-6-4-3-5-9(10)15(20)23-2)11-7-8-12(19(21)22)14-13(11)16-24-17-14/h3-8H,1-2H3. The summed E-state index contributed by atoms with van der Waals surface area (Å²) in [7, 11) is 3.00. The fourth-order valence-electron chi connectivity index (χ4n) is 2.44. The molecule has 122 valence electrons. The largest absolute Gasteiger partial charge is 0.465 e. The molecule has 2 aromatic carbocycles. The maximum absolute atomic E-state index is 11.9. The van der Waals surface area contributed by atoms with Crippen molar-refractivity contribution in [3.63, 3.8) is 0 Å². The Morgan fingerprint density at radius 2 is 1.88 bits per heavy atom. The second-order valence-electron chi connectivity index (χ2n) is 4.89. The number of methoxy groups -OCH3 is 1. The second-order valence-corrected chi connectivity index (χ2v) is 4.89. The number of para-hydroxylation sites is 1. The van der Waals surface area contributed by atoms with Crippen LogP contribution in [0, 0.1) is 10.1 Å². The van der Waals surface area contributed by atoms with Crippen LogP contribution in [-0.2, 0) is 4.74 Å². The van der Waals surface area contributed by atoms with Crippen molar-refractivity contribution >= 4 is 34.1 Å². The molecule has 0 bridgehead atoms. The number of non-ortho nitro benzene ring substituents is 1. The van der Waals surface area contributed by atoms with Crippen LogP contribution < -0.4 is 4.90 Å². The van der Waals surface area contributed by atoms with Crippen molar-refractivity contribution < 1.29 is 19.1 Å². The first-order chi connectivity index (χ1) is 11.5. The molecule has 0 spiro atoms. The van der Waals surface area contributed by atoms with Crippen LogP contribution in [0.2, 0.25) is 0 Å². The number of benzene rings is 2. The number of anilines is 2. The van der Waals surface area contributed by atoms with Crippen LogP contribution in [0.1, 0.15) is 10.4 Å². The van der Waals surface area contributed by atoms with Crippen LogP contribution in [0.25, 0.3) is 11.0 Å². The molecule has 3 rings (SSSR count). The summed E-state index contributed by atoms with van der Waals surface area (Å²) in [4.78, 5) is 24.1. The molecule has 0 fully saturated rings. The number of nitro benzene ring substituents is 1. The number of hydrogen-bond donors (Lipinski definition) is 0. The summed E-state index contributed by atoms with van der Waals surface area (Å²) < 4.78 is 9.44. The molecule has 0 atom stereocenters. The average molecular weight is 328 g/mol. The van der Waals surface area contributed by atoms with Gasteiger partial charge in [-0.25, -0.2) is 9.42 Å². The molecular weight excluding hydrogens is 316 g/mol. The second kappa shape index (κ2) is 5.95. The van der Waals surface area contributed by atoms with E-state index in [9.17, 15) is 14.9 Å². The van der Waals surface area contributed by atoms with Crippen LogP contribution in [-0.4, -0.2) is 35.4 Å². The highest BCUT2D eigenvalue weighted by atomic mass is 16.6. The Labute approximate surface area is 135 Å². The van der Waals surface area contributed by atoms with Gasteiger partial charge in [0.2, 0.25) is 5.52 Å². The van der Waals surface area contributed by atoms with E-state index in [0.29, 0.717) is 16.9 Å². The summed E-state index contributed by atoms with van der Waals surface area (Å²) in [5, 5.41) is 18.4.